The van der Waals surface area contributed by atoms with E-state index < -0.39 is 6.10 Å². The number of para-hydroxylation sites is 1. The van der Waals surface area contributed by atoms with Gasteiger partial charge >= 0.3 is 0 Å². The first-order valence-corrected chi connectivity index (χ1v) is 9.19. The maximum Gasteiger partial charge on any atom is 0.166 e. The molecule has 1 atom stereocenters. The molecule has 6 heteroatoms. The van der Waals surface area contributed by atoms with Crippen LogP contribution in [0.2, 0.25) is 5.02 Å². The highest BCUT2D eigenvalue weighted by Gasteiger charge is 2.21. The first-order valence-electron chi connectivity index (χ1n) is 8.81. The molecule has 0 saturated heterocycles. The summed E-state index contributed by atoms with van der Waals surface area (Å²) in [6, 6.07) is 16.7. The molecule has 0 amide bonds. The number of pyridine rings is 1. The molecule has 0 radical (unpaired) electrons. The highest BCUT2D eigenvalue weighted by Crippen LogP contribution is 2.39. The smallest absolute Gasteiger partial charge is 0.166 e. The molecule has 0 aliphatic heterocycles. The molecule has 0 spiro atoms. The van der Waals surface area contributed by atoms with Gasteiger partial charge in [-0.1, -0.05) is 35.9 Å². The largest absolute Gasteiger partial charge is 0.492 e. The highest BCUT2D eigenvalue weighted by molar-refractivity contribution is 6.30. The van der Waals surface area contributed by atoms with Crippen LogP contribution in [0.15, 0.2) is 67.0 Å². The quantitative estimate of drug-likeness (QED) is 0.488. The van der Waals surface area contributed by atoms with Gasteiger partial charge in [0.15, 0.2) is 11.5 Å². The van der Waals surface area contributed by atoms with E-state index in [1.165, 1.54) is 0 Å². The molecule has 0 aliphatic rings. The first kappa shape index (κ1) is 18.3. The second-order valence-corrected chi connectivity index (χ2v) is 6.78. The lowest BCUT2D eigenvalue weighted by atomic mass is 10.0. The Balaban J connectivity index is 1.64. The lowest BCUT2D eigenvalue weighted by molar-refractivity contribution is 0.212. The topological polar surface area (TPSA) is 67.4 Å². The lowest BCUT2D eigenvalue weighted by Gasteiger charge is -2.18. The summed E-state index contributed by atoms with van der Waals surface area (Å²) in [4.78, 5) is 7.36. The zero-order valence-electron chi connectivity index (χ0n) is 15.2. The number of hydrogen-bond donors (Lipinski definition) is 2. The van der Waals surface area contributed by atoms with Gasteiger partial charge in [0, 0.05) is 33.9 Å². The number of nitrogens with one attached hydrogen (secondary N) is 1. The predicted molar refractivity (Wildman–Crippen MR) is 109 cm³/mol. The van der Waals surface area contributed by atoms with Gasteiger partial charge in [-0.15, -0.1) is 0 Å². The van der Waals surface area contributed by atoms with Gasteiger partial charge in [0.1, 0.15) is 18.4 Å². The maximum absolute atomic E-state index is 11.0. The van der Waals surface area contributed by atoms with Gasteiger partial charge in [0.05, 0.1) is 7.11 Å². The molecule has 28 heavy (non-hydrogen) atoms. The van der Waals surface area contributed by atoms with E-state index in [1.807, 2.05) is 54.6 Å². The fourth-order valence-electron chi connectivity index (χ4n) is 3.19. The van der Waals surface area contributed by atoms with Crippen LogP contribution in [0.25, 0.3) is 11.0 Å². The number of aliphatic hydroxyl groups is 1. The fourth-order valence-corrected chi connectivity index (χ4v) is 3.32. The van der Waals surface area contributed by atoms with E-state index in [2.05, 4.69) is 9.97 Å². The average molecular weight is 395 g/mol. The highest BCUT2D eigenvalue weighted by atomic mass is 35.5. The van der Waals surface area contributed by atoms with Crippen molar-refractivity contribution in [2.75, 3.05) is 7.11 Å². The Morgan fingerprint density at radius 2 is 1.89 bits per heavy atom. The number of aromatic nitrogens is 2. The van der Waals surface area contributed by atoms with Crippen molar-refractivity contribution in [3.63, 3.8) is 0 Å². The molecule has 4 rings (SSSR count). The monoisotopic (exact) mass is 394 g/mol. The molecule has 0 aliphatic carbocycles. The van der Waals surface area contributed by atoms with E-state index in [0.29, 0.717) is 28.7 Å². The van der Waals surface area contributed by atoms with Crippen molar-refractivity contribution < 1.29 is 14.6 Å². The number of rotatable bonds is 6. The van der Waals surface area contributed by atoms with Gasteiger partial charge in [0.25, 0.3) is 0 Å². The third kappa shape index (κ3) is 3.54. The normalized spacial score (nSPS) is 12.1. The Labute approximate surface area is 167 Å². The number of halogens is 1. The van der Waals surface area contributed by atoms with Crippen molar-refractivity contribution in [1.82, 2.24) is 9.97 Å². The standard InChI is InChI=1S/C22H19ClN2O3/c1-27-21-17(20(26)18-12-25-22-16(18)5-3-11-24-22)4-2-6-19(21)28-13-14-7-9-15(23)10-8-14/h2-12,20,26H,13H2,1H3,(H,24,25). The van der Waals surface area contributed by atoms with Gasteiger partial charge in [0.2, 0.25) is 0 Å². The summed E-state index contributed by atoms with van der Waals surface area (Å²) in [5, 5.41) is 12.6. The second kappa shape index (κ2) is 7.92. The molecule has 2 heterocycles. The second-order valence-electron chi connectivity index (χ2n) is 6.34. The molecule has 2 aromatic carbocycles. The number of fused-ring (bicyclic) bond motifs is 1. The van der Waals surface area contributed by atoms with Crippen molar-refractivity contribution in [2.45, 2.75) is 12.7 Å². The van der Waals surface area contributed by atoms with Crippen LogP contribution in [0.1, 0.15) is 22.8 Å². The number of H-pyrrole nitrogens is 1. The van der Waals surface area contributed by atoms with Crippen molar-refractivity contribution in [2.24, 2.45) is 0 Å². The SMILES string of the molecule is COc1c(OCc2ccc(Cl)cc2)cccc1C(O)c1c[nH]c2ncccc12. The molecule has 4 aromatic rings. The molecule has 2 N–H and O–H groups in total. The van der Waals surface area contributed by atoms with E-state index in [0.717, 1.165) is 22.2 Å². The zero-order valence-corrected chi connectivity index (χ0v) is 16.0. The molecule has 2 aromatic heterocycles. The lowest BCUT2D eigenvalue weighted by Crippen LogP contribution is -2.04. The van der Waals surface area contributed by atoms with Crippen LogP contribution in [-0.4, -0.2) is 22.2 Å². The predicted octanol–water partition coefficient (Wildman–Crippen LogP) is 4.89. The van der Waals surface area contributed by atoms with Crippen molar-refractivity contribution >= 4 is 22.6 Å². The van der Waals surface area contributed by atoms with Crippen molar-refractivity contribution in [3.05, 3.63) is 88.7 Å². The van der Waals surface area contributed by atoms with Crippen molar-refractivity contribution in [3.8, 4) is 11.5 Å². The Morgan fingerprint density at radius 1 is 1.07 bits per heavy atom. The number of hydrogen-bond acceptors (Lipinski definition) is 4. The number of aromatic amines is 1. The van der Waals surface area contributed by atoms with Gasteiger partial charge in [-0.05, 0) is 35.9 Å². The van der Waals surface area contributed by atoms with E-state index in [9.17, 15) is 5.11 Å². The number of methoxy groups -OCH3 is 1. The van der Waals surface area contributed by atoms with Gasteiger partial charge in [-0.3, -0.25) is 0 Å². The van der Waals surface area contributed by atoms with E-state index in [-0.39, 0.29) is 0 Å². The van der Waals surface area contributed by atoms with E-state index in [4.69, 9.17) is 21.1 Å². The van der Waals surface area contributed by atoms with Gasteiger partial charge in [-0.2, -0.15) is 0 Å². The van der Waals surface area contributed by atoms with Crippen LogP contribution in [-0.2, 0) is 6.61 Å². The molecule has 0 saturated carbocycles. The summed E-state index contributed by atoms with van der Waals surface area (Å²) in [5.74, 6) is 1.06. The minimum Gasteiger partial charge on any atom is -0.492 e. The third-order valence-electron chi connectivity index (χ3n) is 4.59. The van der Waals surface area contributed by atoms with Crippen molar-refractivity contribution in [1.29, 1.82) is 0 Å². The summed E-state index contributed by atoms with van der Waals surface area (Å²) in [6.07, 6.45) is 2.59. The van der Waals surface area contributed by atoms with Crippen LogP contribution >= 0.6 is 11.6 Å². The maximum atomic E-state index is 11.0. The molecular weight excluding hydrogens is 376 g/mol. The molecule has 142 valence electrons. The zero-order chi connectivity index (χ0) is 19.5. The molecular formula is C22H19ClN2O3. The summed E-state index contributed by atoms with van der Waals surface area (Å²) in [7, 11) is 1.57. The third-order valence-corrected chi connectivity index (χ3v) is 4.85. The Kier molecular flexibility index (Phi) is 5.19. The number of benzene rings is 2. The first-order chi connectivity index (χ1) is 13.7. The van der Waals surface area contributed by atoms with Crippen LogP contribution in [0.3, 0.4) is 0 Å². The Hall–Kier alpha value is -3.02. The molecule has 0 bridgehead atoms. The summed E-state index contributed by atoms with van der Waals surface area (Å²) < 4.78 is 11.5. The van der Waals surface area contributed by atoms with Crippen LogP contribution < -0.4 is 9.47 Å². The van der Waals surface area contributed by atoms with E-state index in [1.54, 1.807) is 19.5 Å². The number of ether oxygens (including phenoxy) is 2. The van der Waals surface area contributed by atoms with Gasteiger partial charge < -0.3 is 19.6 Å². The summed E-state index contributed by atoms with van der Waals surface area (Å²) >= 11 is 5.93. The average Bonchev–Trinajstić information content (AvgIpc) is 3.16. The number of nitrogens with zero attached hydrogens (tertiary/aromatic N) is 1. The molecule has 0 fully saturated rings. The Morgan fingerprint density at radius 3 is 2.68 bits per heavy atom. The minimum atomic E-state index is -0.882. The minimum absolute atomic E-state index is 0.365. The van der Waals surface area contributed by atoms with E-state index >= 15 is 0 Å². The molecule has 5 nitrogen and oxygen atoms in total. The summed E-state index contributed by atoms with van der Waals surface area (Å²) in [6.45, 7) is 0.365. The molecule has 1 unspecified atom stereocenters. The van der Waals surface area contributed by atoms with Crippen LogP contribution in [0, 0.1) is 0 Å². The fraction of sp³-hybridized carbons (Fsp3) is 0.136. The van der Waals surface area contributed by atoms with Gasteiger partial charge in [-0.25, -0.2) is 4.98 Å². The summed E-state index contributed by atoms with van der Waals surface area (Å²) in [5.41, 5.74) is 3.07. The van der Waals surface area contributed by atoms with Crippen LogP contribution in [0.5, 0.6) is 11.5 Å². The Bertz CT molecular complexity index is 1090. The van der Waals surface area contributed by atoms with Crippen LogP contribution in [0.4, 0.5) is 0 Å². The number of aliphatic hydroxyl groups excluding tert-OH is 1.